The normalized spacial score (nSPS) is 14.5. The highest BCUT2D eigenvalue weighted by Crippen LogP contribution is 2.09. The van der Waals surface area contributed by atoms with E-state index in [-0.39, 0.29) is 18.4 Å². The fourth-order valence-electron chi connectivity index (χ4n) is 2.66. The molecule has 0 aliphatic carbocycles. The molecule has 0 saturated carbocycles. The maximum absolute atomic E-state index is 12.5. The van der Waals surface area contributed by atoms with Gasteiger partial charge in [-0.1, -0.05) is 18.2 Å². The molecule has 1 N–H and O–H groups in total. The highest BCUT2D eigenvalue weighted by Gasteiger charge is 2.21. The summed E-state index contributed by atoms with van der Waals surface area (Å²) in [4.78, 5) is 28.0. The number of benzene rings is 1. The summed E-state index contributed by atoms with van der Waals surface area (Å²) in [5.74, 6) is -0.233. The van der Waals surface area contributed by atoms with Crippen molar-refractivity contribution in [2.75, 3.05) is 39.8 Å². The molecule has 126 valence electrons. The largest absolute Gasteiger partial charge is 0.339 e. The van der Waals surface area contributed by atoms with Gasteiger partial charge in [0.25, 0.3) is 5.91 Å². The average molecular weight is 327 g/mol. The van der Waals surface area contributed by atoms with Crippen LogP contribution in [0.3, 0.4) is 0 Å². The summed E-state index contributed by atoms with van der Waals surface area (Å²) >= 11 is 0. The second-order valence-corrected chi connectivity index (χ2v) is 5.80. The standard InChI is InChI=1S/C17H21N5O2/c1-20(13-16(23)21-9-7-18-8-10-21)17(24)14-11-19-22(12-14)15-5-3-2-4-6-15/h2-6,11-12,18H,7-10,13H2,1H3. The summed E-state index contributed by atoms with van der Waals surface area (Å²) in [5.41, 5.74) is 1.35. The summed E-state index contributed by atoms with van der Waals surface area (Å²) in [6.45, 7) is 3.05. The maximum atomic E-state index is 12.5. The zero-order chi connectivity index (χ0) is 16.9. The first-order chi connectivity index (χ1) is 11.6. The molecule has 0 spiro atoms. The molecule has 1 aliphatic heterocycles. The number of amides is 2. The lowest BCUT2D eigenvalue weighted by molar-refractivity contribution is -0.132. The lowest BCUT2D eigenvalue weighted by atomic mass is 10.3. The van der Waals surface area contributed by atoms with Crippen molar-refractivity contribution in [1.82, 2.24) is 24.9 Å². The Kier molecular flexibility index (Phi) is 4.90. The number of para-hydroxylation sites is 1. The first kappa shape index (κ1) is 16.2. The van der Waals surface area contributed by atoms with Gasteiger partial charge in [-0.3, -0.25) is 9.59 Å². The SMILES string of the molecule is CN(CC(=O)N1CCNCC1)C(=O)c1cnn(-c2ccccc2)c1. The van der Waals surface area contributed by atoms with Crippen LogP contribution in [0.15, 0.2) is 42.7 Å². The highest BCUT2D eigenvalue weighted by molar-refractivity contribution is 5.96. The summed E-state index contributed by atoms with van der Waals surface area (Å²) in [7, 11) is 1.64. The number of nitrogens with zero attached hydrogens (tertiary/aromatic N) is 4. The molecule has 2 amide bonds. The van der Waals surface area contributed by atoms with E-state index in [1.807, 2.05) is 30.3 Å². The maximum Gasteiger partial charge on any atom is 0.257 e. The van der Waals surface area contributed by atoms with Crippen LogP contribution in [-0.2, 0) is 4.79 Å². The molecule has 7 nitrogen and oxygen atoms in total. The number of carbonyl (C=O) groups excluding carboxylic acids is 2. The summed E-state index contributed by atoms with van der Waals surface area (Å²) in [6, 6.07) is 9.58. The zero-order valence-electron chi connectivity index (χ0n) is 13.7. The molecular weight excluding hydrogens is 306 g/mol. The van der Waals surface area contributed by atoms with Gasteiger partial charge < -0.3 is 15.1 Å². The first-order valence-corrected chi connectivity index (χ1v) is 7.99. The molecule has 0 unspecified atom stereocenters. The smallest absolute Gasteiger partial charge is 0.257 e. The van der Waals surface area contributed by atoms with Gasteiger partial charge >= 0.3 is 0 Å². The Morgan fingerprint density at radius 3 is 2.62 bits per heavy atom. The molecule has 1 fully saturated rings. The number of hydrogen-bond acceptors (Lipinski definition) is 4. The van der Waals surface area contributed by atoms with E-state index in [9.17, 15) is 9.59 Å². The Labute approximate surface area is 140 Å². The second-order valence-electron chi connectivity index (χ2n) is 5.80. The fraction of sp³-hybridized carbons (Fsp3) is 0.353. The van der Waals surface area contributed by atoms with Crippen molar-refractivity contribution in [3.05, 3.63) is 48.3 Å². The molecule has 1 saturated heterocycles. The highest BCUT2D eigenvalue weighted by atomic mass is 16.2. The molecule has 7 heteroatoms. The van der Waals surface area contributed by atoms with Crippen molar-refractivity contribution >= 4 is 11.8 Å². The Morgan fingerprint density at radius 1 is 1.21 bits per heavy atom. The van der Waals surface area contributed by atoms with E-state index < -0.39 is 0 Å². The summed E-state index contributed by atoms with van der Waals surface area (Å²) in [5, 5.41) is 7.43. The zero-order valence-corrected chi connectivity index (χ0v) is 13.7. The number of hydrogen-bond donors (Lipinski definition) is 1. The minimum absolute atomic E-state index is 0.0252. The molecule has 24 heavy (non-hydrogen) atoms. The Bertz CT molecular complexity index is 707. The third kappa shape index (κ3) is 3.62. The third-order valence-electron chi connectivity index (χ3n) is 4.04. The number of nitrogens with one attached hydrogen (secondary N) is 1. The monoisotopic (exact) mass is 327 g/mol. The van der Waals surface area contributed by atoms with Gasteiger partial charge in [-0.15, -0.1) is 0 Å². The molecule has 1 aromatic heterocycles. The van der Waals surface area contributed by atoms with E-state index in [1.165, 1.54) is 11.1 Å². The minimum atomic E-state index is -0.208. The predicted octanol–water partition coefficient (Wildman–Crippen LogP) is 0.376. The number of piperazine rings is 1. The van der Waals surface area contributed by atoms with E-state index in [0.717, 1.165) is 18.8 Å². The first-order valence-electron chi connectivity index (χ1n) is 7.99. The lowest BCUT2D eigenvalue weighted by Gasteiger charge is -2.29. The van der Waals surface area contributed by atoms with Crippen molar-refractivity contribution in [1.29, 1.82) is 0 Å². The van der Waals surface area contributed by atoms with E-state index >= 15 is 0 Å². The van der Waals surface area contributed by atoms with Gasteiger partial charge in [-0.25, -0.2) is 4.68 Å². The van der Waals surface area contributed by atoms with Crippen LogP contribution >= 0.6 is 0 Å². The van der Waals surface area contributed by atoms with Gasteiger partial charge in [0.1, 0.15) is 0 Å². The van der Waals surface area contributed by atoms with Crippen LogP contribution in [0.5, 0.6) is 0 Å². The van der Waals surface area contributed by atoms with E-state index in [4.69, 9.17) is 0 Å². The molecule has 3 rings (SSSR count). The van der Waals surface area contributed by atoms with Gasteiger partial charge in [0.05, 0.1) is 24.0 Å². The van der Waals surface area contributed by atoms with E-state index in [2.05, 4.69) is 10.4 Å². The topological polar surface area (TPSA) is 70.5 Å². The van der Waals surface area contributed by atoms with Crippen LogP contribution in [0.4, 0.5) is 0 Å². The Balaban J connectivity index is 1.63. The summed E-state index contributed by atoms with van der Waals surface area (Å²) in [6.07, 6.45) is 3.21. The van der Waals surface area contributed by atoms with Crippen molar-refractivity contribution in [3.63, 3.8) is 0 Å². The Hall–Kier alpha value is -2.67. The average Bonchev–Trinajstić information content (AvgIpc) is 3.12. The van der Waals surface area contributed by atoms with Crippen molar-refractivity contribution in [3.8, 4) is 5.69 Å². The van der Waals surface area contributed by atoms with Crippen LogP contribution in [-0.4, -0.2) is 71.2 Å². The van der Waals surface area contributed by atoms with Crippen LogP contribution in [0.1, 0.15) is 10.4 Å². The number of aromatic nitrogens is 2. The molecule has 0 radical (unpaired) electrons. The van der Waals surface area contributed by atoms with E-state index in [1.54, 1.807) is 22.8 Å². The third-order valence-corrected chi connectivity index (χ3v) is 4.04. The number of likely N-dealkylation sites (N-methyl/N-ethyl adjacent to an activating group) is 1. The van der Waals surface area contributed by atoms with Gasteiger partial charge in [-0.2, -0.15) is 5.10 Å². The molecule has 2 heterocycles. The van der Waals surface area contributed by atoms with Gasteiger partial charge in [0.15, 0.2) is 0 Å². The van der Waals surface area contributed by atoms with Gasteiger partial charge in [-0.05, 0) is 12.1 Å². The van der Waals surface area contributed by atoms with Crippen molar-refractivity contribution in [2.24, 2.45) is 0 Å². The predicted molar refractivity (Wildman–Crippen MR) is 90.0 cm³/mol. The molecule has 1 aliphatic rings. The minimum Gasteiger partial charge on any atom is -0.339 e. The molecule has 2 aromatic rings. The van der Waals surface area contributed by atoms with Crippen LogP contribution in [0.2, 0.25) is 0 Å². The molecule has 1 aromatic carbocycles. The molecule has 0 atom stereocenters. The van der Waals surface area contributed by atoms with Crippen LogP contribution in [0.25, 0.3) is 5.69 Å². The summed E-state index contributed by atoms with van der Waals surface area (Å²) < 4.78 is 1.65. The molecule has 0 bridgehead atoms. The number of rotatable bonds is 4. The lowest BCUT2D eigenvalue weighted by Crippen LogP contribution is -2.49. The van der Waals surface area contributed by atoms with Crippen LogP contribution < -0.4 is 5.32 Å². The van der Waals surface area contributed by atoms with Crippen molar-refractivity contribution in [2.45, 2.75) is 0 Å². The second kappa shape index (κ2) is 7.27. The van der Waals surface area contributed by atoms with Gasteiger partial charge in [0.2, 0.25) is 5.91 Å². The number of carbonyl (C=O) groups is 2. The Morgan fingerprint density at radius 2 is 1.92 bits per heavy atom. The fourth-order valence-corrected chi connectivity index (χ4v) is 2.66. The van der Waals surface area contributed by atoms with E-state index in [0.29, 0.717) is 18.7 Å². The quantitative estimate of drug-likeness (QED) is 0.881. The molecular formula is C17H21N5O2. The van der Waals surface area contributed by atoms with Crippen molar-refractivity contribution < 1.29 is 9.59 Å². The van der Waals surface area contributed by atoms with Gasteiger partial charge in [0, 0.05) is 39.4 Å². The van der Waals surface area contributed by atoms with Crippen LogP contribution in [0, 0.1) is 0 Å².